The average Bonchev–Trinajstić information content (AvgIpc) is 2.46. The molecule has 3 rings (SSSR count). The van der Waals surface area contributed by atoms with Crippen molar-refractivity contribution in [2.24, 2.45) is 5.73 Å². The van der Waals surface area contributed by atoms with E-state index in [9.17, 15) is 5.11 Å². The minimum absolute atomic E-state index is 0.227. The predicted octanol–water partition coefficient (Wildman–Crippen LogP) is 2.69. The molecule has 0 saturated heterocycles. The van der Waals surface area contributed by atoms with Crippen molar-refractivity contribution in [3.8, 4) is 5.75 Å². The maximum absolute atomic E-state index is 9.36. The molecule has 20 heavy (non-hydrogen) atoms. The summed E-state index contributed by atoms with van der Waals surface area (Å²) in [6, 6.07) is 14.4. The predicted molar refractivity (Wildman–Crippen MR) is 78.4 cm³/mol. The average molecular weight is 265 g/mol. The first-order chi connectivity index (χ1) is 9.65. The SMILES string of the molecule is Cc1nc(C(N)c2ccc(O)cc2)c2ccccc2n1. The van der Waals surface area contributed by atoms with Crippen LogP contribution < -0.4 is 5.73 Å². The van der Waals surface area contributed by atoms with Gasteiger partial charge in [0, 0.05) is 5.39 Å². The summed E-state index contributed by atoms with van der Waals surface area (Å²) in [5, 5.41) is 10.3. The fourth-order valence-electron chi connectivity index (χ4n) is 2.30. The number of rotatable bonds is 2. The summed E-state index contributed by atoms with van der Waals surface area (Å²) in [5.74, 6) is 0.928. The number of phenols is 1. The van der Waals surface area contributed by atoms with Crippen LogP contribution in [0.4, 0.5) is 0 Å². The minimum Gasteiger partial charge on any atom is -0.508 e. The van der Waals surface area contributed by atoms with E-state index in [0.29, 0.717) is 5.82 Å². The van der Waals surface area contributed by atoms with E-state index in [0.717, 1.165) is 22.2 Å². The summed E-state index contributed by atoms with van der Waals surface area (Å²) < 4.78 is 0. The van der Waals surface area contributed by atoms with Crippen LogP contribution in [0.3, 0.4) is 0 Å². The molecule has 0 amide bonds. The van der Waals surface area contributed by atoms with Crippen molar-refractivity contribution < 1.29 is 5.11 Å². The van der Waals surface area contributed by atoms with Gasteiger partial charge in [-0.3, -0.25) is 0 Å². The van der Waals surface area contributed by atoms with Gasteiger partial charge >= 0.3 is 0 Å². The number of fused-ring (bicyclic) bond motifs is 1. The smallest absolute Gasteiger partial charge is 0.126 e. The van der Waals surface area contributed by atoms with Crippen LogP contribution in [-0.2, 0) is 0 Å². The van der Waals surface area contributed by atoms with Crippen molar-refractivity contribution in [1.82, 2.24) is 9.97 Å². The number of aromatic hydroxyl groups is 1. The Morgan fingerprint density at radius 3 is 2.45 bits per heavy atom. The molecule has 0 aliphatic heterocycles. The number of hydrogen-bond acceptors (Lipinski definition) is 4. The Morgan fingerprint density at radius 1 is 1.00 bits per heavy atom. The summed E-state index contributed by atoms with van der Waals surface area (Å²) >= 11 is 0. The number of phenolic OH excluding ortho intramolecular Hbond substituents is 1. The second kappa shape index (κ2) is 4.90. The second-order valence-corrected chi connectivity index (χ2v) is 4.74. The van der Waals surface area contributed by atoms with Gasteiger partial charge in [-0.1, -0.05) is 30.3 Å². The largest absolute Gasteiger partial charge is 0.508 e. The number of nitrogens with zero attached hydrogens (tertiary/aromatic N) is 2. The molecule has 0 bridgehead atoms. The number of benzene rings is 2. The van der Waals surface area contributed by atoms with Crippen LogP contribution in [0.5, 0.6) is 5.75 Å². The van der Waals surface area contributed by atoms with Crippen LogP contribution in [0.15, 0.2) is 48.5 Å². The second-order valence-electron chi connectivity index (χ2n) is 4.74. The molecule has 1 aromatic heterocycles. The molecule has 0 aliphatic carbocycles. The van der Waals surface area contributed by atoms with Crippen molar-refractivity contribution in [2.75, 3.05) is 0 Å². The highest BCUT2D eigenvalue weighted by Crippen LogP contribution is 2.26. The van der Waals surface area contributed by atoms with E-state index in [1.807, 2.05) is 43.3 Å². The lowest BCUT2D eigenvalue weighted by molar-refractivity contribution is 0.475. The Hall–Kier alpha value is -2.46. The van der Waals surface area contributed by atoms with Gasteiger partial charge < -0.3 is 10.8 Å². The Bertz CT molecular complexity index is 753. The summed E-state index contributed by atoms with van der Waals surface area (Å²) in [4.78, 5) is 8.92. The van der Waals surface area contributed by atoms with Gasteiger partial charge in [0.2, 0.25) is 0 Å². The number of aryl methyl sites for hydroxylation is 1. The molecule has 0 spiro atoms. The molecule has 2 aromatic carbocycles. The molecule has 0 saturated carbocycles. The lowest BCUT2D eigenvalue weighted by Crippen LogP contribution is -2.15. The maximum atomic E-state index is 9.36. The third-order valence-electron chi connectivity index (χ3n) is 3.29. The van der Waals surface area contributed by atoms with E-state index in [1.165, 1.54) is 0 Å². The van der Waals surface area contributed by atoms with Gasteiger partial charge in [-0.2, -0.15) is 0 Å². The molecule has 0 aliphatic rings. The normalized spacial score (nSPS) is 12.5. The zero-order valence-electron chi connectivity index (χ0n) is 11.1. The Balaban J connectivity index is 2.15. The maximum Gasteiger partial charge on any atom is 0.126 e. The van der Waals surface area contributed by atoms with Crippen LogP contribution in [0.25, 0.3) is 10.9 Å². The number of aromatic nitrogens is 2. The summed E-state index contributed by atoms with van der Waals surface area (Å²) in [6.45, 7) is 1.86. The topological polar surface area (TPSA) is 72.0 Å². The first-order valence-electron chi connectivity index (χ1n) is 6.43. The first kappa shape index (κ1) is 12.6. The van der Waals surface area contributed by atoms with Crippen LogP contribution in [0.2, 0.25) is 0 Å². The van der Waals surface area contributed by atoms with Crippen LogP contribution in [0.1, 0.15) is 23.1 Å². The van der Waals surface area contributed by atoms with Crippen molar-refractivity contribution in [3.63, 3.8) is 0 Å². The molecular weight excluding hydrogens is 250 g/mol. The molecule has 1 heterocycles. The highest BCUT2D eigenvalue weighted by atomic mass is 16.3. The molecule has 100 valence electrons. The Labute approximate surface area is 116 Å². The third kappa shape index (κ3) is 2.21. The van der Waals surface area contributed by atoms with Crippen molar-refractivity contribution >= 4 is 10.9 Å². The van der Waals surface area contributed by atoms with Gasteiger partial charge in [-0.15, -0.1) is 0 Å². The molecule has 3 aromatic rings. The van der Waals surface area contributed by atoms with Gasteiger partial charge in [0.1, 0.15) is 11.6 Å². The summed E-state index contributed by atoms with van der Waals surface area (Å²) in [7, 11) is 0. The Kier molecular flexibility index (Phi) is 3.08. The van der Waals surface area contributed by atoms with Crippen molar-refractivity contribution in [3.05, 3.63) is 65.6 Å². The van der Waals surface area contributed by atoms with Crippen molar-refractivity contribution in [2.45, 2.75) is 13.0 Å². The zero-order chi connectivity index (χ0) is 14.1. The highest BCUT2D eigenvalue weighted by molar-refractivity contribution is 5.81. The molecule has 3 N–H and O–H groups in total. The molecular formula is C16H15N3O. The van der Waals surface area contributed by atoms with Gasteiger partial charge in [0.05, 0.1) is 17.3 Å². The summed E-state index contributed by atoms with van der Waals surface area (Å²) in [5.41, 5.74) is 8.94. The van der Waals surface area contributed by atoms with Crippen LogP contribution in [-0.4, -0.2) is 15.1 Å². The fraction of sp³-hybridized carbons (Fsp3) is 0.125. The van der Waals surface area contributed by atoms with Crippen LogP contribution >= 0.6 is 0 Å². The lowest BCUT2D eigenvalue weighted by Gasteiger charge is -2.14. The third-order valence-corrected chi connectivity index (χ3v) is 3.29. The van der Waals surface area contributed by atoms with E-state index >= 15 is 0 Å². The molecule has 0 radical (unpaired) electrons. The van der Waals surface area contributed by atoms with E-state index < -0.39 is 0 Å². The van der Waals surface area contributed by atoms with E-state index in [-0.39, 0.29) is 11.8 Å². The monoisotopic (exact) mass is 265 g/mol. The van der Waals surface area contributed by atoms with Gasteiger partial charge in [-0.25, -0.2) is 9.97 Å². The number of nitrogens with two attached hydrogens (primary N) is 1. The zero-order valence-corrected chi connectivity index (χ0v) is 11.1. The van der Waals surface area contributed by atoms with E-state index in [2.05, 4.69) is 9.97 Å². The van der Waals surface area contributed by atoms with Gasteiger partial charge in [0.15, 0.2) is 0 Å². The lowest BCUT2D eigenvalue weighted by atomic mass is 10.0. The molecule has 4 nitrogen and oxygen atoms in total. The van der Waals surface area contributed by atoms with Crippen LogP contribution in [0, 0.1) is 6.92 Å². The Morgan fingerprint density at radius 2 is 1.70 bits per heavy atom. The first-order valence-corrected chi connectivity index (χ1v) is 6.43. The number of hydrogen-bond donors (Lipinski definition) is 2. The molecule has 1 atom stereocenters. The minimum atomic E-state index is -0.345. The van der Waals surface area contributed by atoms with Gasteiger partial charge in [0.25, 0.3) is 0 Å². The van der Waals surface area contributed by atoms with E-state index in [1.54, 1.807) is 12.1 Å². The fourth-order valence-corrected chi connectivity index (χ4v) is 2.30. The van der Waals surface area contributed by atoms with E-state index in [4.69, 9.17) is 5.73 Å². The highest BCUT2D eigenvalue weighted by Gasteiger charge is 2.15. The number of para-hydroxylation sites is 1. The summed E-state index contributed by atoms with van der Waals surface area (Å²) in [6.07, 6.45) is 0. The standard InChI is InChI=1S/C16H15N3O/c1-10-18-14-5-3-2-4-13(14)16(19-10)15(17)11-6-8-12(20)9-7-11/h2-9,15,20H,17H2,1H3. The molecule has 0 fully saturated rings. The van der Waals surface area contributed by atoms with Crippen molar-refractivity contribution in [1.29, 1.82) is 0 Å². The van der Waals surface area contributed by atoms with Gasteiger partial charge in [-0.05, 0) is 30.7 Å². The molecule has 1 unspecified atom stereocenters. The molecule has 4 heteroatoms. The quantitative estimate of drug-likeness (QED) is 0.747.